The first-order valence-corrected chi connectivity index (χ1v) is 8.19. The van der Waals surface area contributed by atoms with Gasteiger partial charge in [-0.3, -0.25) is 4.98 Å². The van der Waals surface area contributed by atoms with E-state index in [-0.39, 0.29) is 5.88 Å². The number of benzene rings is 1. The smallest absolute Gasteiger partial charge is 0.437 e. The van der Waals surface area contributed by atoms with Crippen LogP contribution in [0.5, 0.6) is 17.5 Å². The normalized spacial score (nSPS) is 14.7. The molecule has 1 fully saturated rings. The molecule has 0 unspecified atom stereocenters. The molecule has 10 heteroatoms. The van der Waals surface area contributed by atoms with Crippen LogP contribution in [0.15, 0.2) is 30.5 Å². The van der Waals surface area contributed by atoms with Crippen molar-refractivity contribution in [2.75, 3.05) is 31.1 Å². The van der Waals surface area contributed by atoms with Gasteiger partial charge in [0.25, 0.3) is 0 Å². The van der Waals surface area contributed by atoms with Crippen LogP contribution in [0.3, 0.4) is 0 Å². The van der Waals surface area contributed by atoms with Crippen LogP contribution in [0.1, 0.15) is 5.69 Å². The van der Waals surface area contributed by atoms with Crippen LogP contribution >= 0.6 is 0 Å². The first kappa shape index (κ1) is 18.9. The minimum absolute atomic E-state index is 0.0441. The van der Waals surface area contributed by atoms with Crippen LogP contribution in [-0.2, 0) is 4.79 Å². The molecule has 2 aromatic rings. The Labute approximate surface area is 153 Å². The molecule has 0 radical (unpaired) electrons. The second kappa shape index (κ2) is 7.78. The van der Waals surface area contributed by atoms with E-state index in [1.807, 2.05) is 12.1 Å². The summed E-state index contributed by atoms with van der Waals surface area (Å²) >= 11 is 0. The topological polar surface area (TPSA) is 76.6 Å². The fourth-order valence-electron chi connectivity index (χ4n) is 2.48. The zero-order valence-electron chi connectivity index (χ0n) is 14.4. The van der Waals surface area contributed by atoms with Gasteiger partial charge in [0.1, 0.15) is 11.4 Å². The molecule has 1 N–H and O–H groups in total. The van der Waals surface area contributed by atoms with E-state index in [9.17, 15) is 18.0 Å². The Kier molecular flexibility index (Phi) is 5.45. The summed E-state index contributed by atoms with van der Waals surface area (Å²) in [5, 5.41) is 3.27. The quantitative estimate of drug-likeness (QED) is 0.814. The van der Waals surface area contributed by atoms with Crippen LogP contribution < -0.4 is 19.7 Å². The standard InChI is InChI=1S/C17H17F3N4O3/c1-11-15(23-14(10-22-11)27-16(25)17(18,19)20)26-13-4-2-12(3-5-13)24-8-6-21-7-9-24/h2-5,10,21H,6-9H2,1H3. The average molecular weight is 382 g/mol. The molecule has 0 bridgehead atoms. The Bertz CT molecular complexity index is 806. The summed E-state index contributed by atoms with van der Waals surface area (Å²) < 4.78 is 46.6. The number of carbonyl (C=O) groups excluding carboxylic acids is 1. The lowest BCUT2D eigenvalue weighted by atomic mass is 10.2. The molecule has 0 spiro atoms. The number of hydrogen-bond donors (Lipinski definition) is 1. The minimum Gasteiger partial charge on any atom is -0.437 e. The van der Waals surface area contributed by atoms with Crippen molar-refractivity contribution in [3.63, 3.8) is 0 Å². The largest absolute Gasteiger partial charge is 0.491 e. The summed E-state index contributed by atoms with van der Waals surface area (Å²) in [6.07, 6.45) is -4.19. The van der Waals surface area contributed by atoms with Gasteiger partial charge in [0.2, 0.25) is 11.8 Å². The van der Waals surface area contributed by atoms with Gasteiger partial charge in [-0.05, 0) is 31.2 Å². The predicted molar refractivity (Wildman–Crippen MR) is 90.1 cm³/mol. The van der Waals surface area contributed by atoms with E-state index in [0.29, 0.717) is 11.4 Å². The zero-order valence-corrected chi connectivity index (χ0v) is 14.4. The molecule has 1 aromatic carbocycles. The molecule has 144 valence electrons. The van der Waals surface area contributed by atoms with Gasteiger partial charge in [-0.15, -0.1) is 0 Å². The van der Waals surface area contributed by atoms with Crippen molar-refractivity contribution in [3.05, 3.63) is 36.2 Å². The third-order valence-corrected chi connectivity index (χ3v) is 3.85. The van der Waals surface area contributed by atoms with E-state index in [0.717, 1.165) is 38.1 Å². The number of carbonyl (C=O) groups is 1. The molecular formula is C17H17F3N4O3. The van der Waals surface area contributed by atoms with Crippen LogP contribution in [0.4, 0.5) is 18.9 Å². The van der Waals surface area contributed by atoms with Crippen molar-refractivity contribution in [3.8, 4) is 17.5 Å². The number of hydrogen-bond acceptors (Lipinski definition) is 7. The third kappa shape index (κ3) is 4.85. The highest BCUT2D eigenvalue weighted by molar-refractivity contribution is 5.77. The number of esters is 1. The van der Waals surface area contributed by atoms with Crippen molar-refractivity contribution in [1.29, 1.82) is 0 Å². The Morgan fingerprint density at radius 3 is 2.48 bits per heavy atom. The van der Waals surface area contributed by atoms with Crippen molar-refractivity contribution < 1.29 is 27.4 Å². The highest BCUT2D eigenvalue weighted by atomic mass is 19.4. The van der Waals surface area contributed by atoms with Crippen molar-refractivity contribution in [1.82, 2.24) is 15.3 Å². The second-order valence-corrected chi connectivity index (χ2v) is 5.82. The summed E-state index contributed by atoms with van der Waals surface area (Å²) in [4.78, 5) is 20.8. The third-order valence-electron chi connectivity index (χ3n) is 3.85. The second-order valence-electron chi connectivity index (χ2n) is 5.82. The number of piperazine rings is 1. The molecule has 1 aromatic heterocycles. The Morgan fingerprint density at radius 2 is 1.85 bits per heavy atom. The molecule has 0 saturated carbocycles. The molecule has 0 atom stereocenters. The van der Waals surface area contributed by atoms with Crippen molar-refractivity contribution in [2.45, 2.75) is 13.1 Å². The fourth-order valence-corrected chi connectivity index (χ4v) is 2.48. The van der Waals surface area contributed by atoms with Crippen LogP contribution in [-0.4, -0.2) is 48.3 Å². The lowest BCUT2D eigenvalue weighted by molar-refractivity contribution is -0.190. The Hall–Kier alpha value is -2.88. The summed E-state index contributed by atoms with van der Waals surface area (Å²) in [6.45, 7) is 5.20. The van der Waals surface area contributed by atoms with Gasteiger partial charge in [0.15, 0.2) is 0 Å². The van der Waals surface area contributed by atoms with E-state index < -0.39 is 18.0 Å². The van der Waals surface area contributed by atoms with Crippen LogP contribution in [0.25, 0.3) is 0 Å². The zero-order chi connectivity index (χ0) is 19.4. The van der Waals surface area contributed by atoms with Gasteiger partial charge in [-0.1, -0.05) is 0 Å². The molecule has 3 rings (SSSR count). The van der Waals surface area contributed by atoms with E-state index in [4.69, 9.17) is 4.74 Å². The summed E-state index contributed by atoms with van der Waals surface area (Å²) in [7, 11) is 0. The Morgan fingerprint density at radius 1 is 1.19 bits per heavy atom. The lowest BCUT2D eigenvalue weighted by Gasteiger charge is -2.29. The molecule has 7 nitrogen and oxygen atoms in total. The molecule has 0 aliphatic carbocycles. The number of halogens is 3. The van der Waals surface area contributed by atoms with E-state index in [1.54, 1.807) is 19.1 Å². The van der Waals surface area contributed by atoms with Crippen molar-refractivity contribution >= 4 is 11.7 Å². The number of anilines is 1. The maximum atomic E-state index is 12.3. The lowest BCUT2D eigenvalue weighted by Crippen LogP contribution is -2.43. The van der Waals surface area contributed by atoms with E-state index in [2.05, 4.69) is 24.9 Å². The summed E-state index contributed by atoms with van der Waals surface area (Å²) in [6, 6.07) is 7.23. The van der Waals surface area contributed by atoms with Crippen LogP contribution in [0, 0.1) is 6.92 Å². The van der Waals surface area contributed by atoms with Gasteiger partial charge in [0, 0.05) is 31.9 Å². The van der Waals surface area contributed by atoms with Gasteiger partial charge < -0.3 is 19.7 Å². The molecular weight excluding hydrogens is 365 g/mol. The summed E-state index contributed by atoms with van der Waals surface area (Å²) in [5.74, 6) is -2.56. The first-order valence-electron chi connectivity index (χ1n) is 8.19. The maximum absolute atomic E-state index is 12.3. The molecule has 1 saturated heterocycles. The molecule has 2 heterocycles. The number of ether oxygens (including phenoxy) is 2. The van der Waals surface area contributed by atoms with E-state index in [1.165, 1.54) is 0 Å². The number of rotatable bonds is 4. The SMILES string of the molecule is Cc1ncc(OC(=O)C(F)(F)F)nc1Oc1ccc(N2CCNCC2)cc1. The number of aryl methyl sites for hydroxylation is 1. The maximum Gasteiger partial charge on any atom is 0.491 e. The average Bonchev–Trinajstić information content (AvgIpc) is 2.65. The number of nitrogens with zero attached hydrogens (tertiary/aromatic N) is 3. The number of alkyl halides is 3. The number of nitrogens with one attached hydrogen (secondary N) is 1. The highest BCUT2D eigenvalue weighted by Crippen LogP contribution is 2.27. The van der Waals surface area contributed by atoms with Gasteiger partial charge in [-0.2, -0.15) is 18.2 Å². The fraction of sp³-hybridized carbons (Fsp3) is 0.353. The first-order chi connectivity index (χ1) is 12.8. The molecule has 27 heavy (non-hydrogen) atoms. The van der Waals surface area contributed by atoms with Crippen molar-refractivity contribution in [2.24, 2.45) is 0 Å². The molecule has 1 aliphatic rings. The molecule has 1 aliphatic heterocycles. The monoisotopic (exact) mass is 382 g/mol. The molecule has 0 amide bonds. The highest BCUT2D eigenvalue weighted by Gasteiger charge is 2.41. The predicted octanol–water partition coefficient (Wildman–Crippen LogP) is 2.45. The van der Waals surface area contributed by atoms with E-state index >= 15 is 0 Å². The minimum atomic E-state index is -5.12. The number of aromatic nitrogens is 2. The van der Waals surface area contributed by atoms with Gasteiger partial charge >= 0.3 is 12.1 Å². The van der Waals surface area contributed by atoms with Gasteiger partial charge in [-0.25, -0.2) is 4.79 Å². The van der Waals surface area contributed by atoms with Crippen LogP contribution in [0.2, 0.25) is 0 Å². The van der Waals surface area contributed by atoms with Gasteiger partial charge in [0.05, 0.1) is 6.20 Å². The summed E-state index contributed by atoms with van der Waals surface area (Å²) in [5.41, 5.74) is 1.38. The Balaban J connectivity index is 1.71.